The maximum absolute atomic E-state index is 14.2. The van der Waals surface area contributed by atoms with Gasteiger partial charge in [-0.25, -0.2) is 8.42 Å². The average molecular weight is 584 g/mol. The largest absolute Gasteiger partial charge is 0.354 e. The summed E-state index contributed by atoms with van der Waals surface area (Å²) < 4.78 is 29.1. The highest BCUT2D eigenvalue weighted by molar-refractivity contribution is 7.92. The number of aryl methyl sites for hydroxylation is 2. The van der Waals surface area contributed by atoms with Gasteiger partial charge in [0, 0.05) is 18.1 Å². The molecule has 2 amide bonds. The van der Waals surface area contributed by atoms with Gasteiger partial charge in [-0.3, -0.25) is 13.9 Å². The van der Waals surface area contributed by atoms with Crippen molar-refractivity contribution in [2.24, 2.45) is 5.92 Å². The highest BCUT2D eigenvalue weighted by Gasteiger charge is 2.34. The molecule has 0 aliphatic heterocycles. The summed E-state index contributed by atoms with van der Waals surface area (Å²) in [5.41, 5.74) is 2.63. The molecule has 9 heteroatoms. The molecule has 1 N–H and O–H groups in total. The predicted molar refractivity (Wildman–Crippen MR) is 161 cm³/mol. The van der Waals surface area contributed by atoms with E-state index in [1.807, 2.05) is 52.8 Å². The molecule has 0 aliphatic rings. The lowest BCUT2D eigenvalue weighted by atomic mass is 10.1. The highest BCUT2D eigenvalue weighted by Crippen LogP contribution is 2.29. The number of rotatable bonds is 12. The Morgan fingerprint density at radius 3 is 2.23 bits per heavy atom. The molecule has 3 aromatic rings. The molecule has 0 fully saturated rings. The van der Waals surface area contributed by atoms with E-state index in [0.717, 1.165) is 9.87 Å². The Balaban J connectivity index is 2.09. The molecule has 3 rings (SSSR count). The molecule has 3 aromatic carbocycles. The number of nitrogens with zero attached hydrogens (tertiary/aromatic N) is 2. The molecule has 0 bridgehead atoms. The monoisotopic (exact) mass is 583 g/mol. The van der Waals surface area contributed by atoms with Crippen LogP contribution in [0.25, 0.3) is 0 Å². The van der Waals surface area contributed by atoms with Gasteiger partial charge in [-0.15, -0.1) is 0 Å². The second-order valence-electron chi connectivity index (χ2n) is 10.3. The van der Waals surface area contributed by atoms with Gasteiger partial charge in [0.1, 0.15) is 12.6 Å². The van der Waals surface area contributed by atoms with Crippen LogP contribution < -0.4 is 9.62 Å². The second-order valence-corrected chi connectivity index (χ2v) is 12.6. The van der Waals surface area contributed by atoms with Gasteiger partial charge in [-0.1, -0.05) is 80.9 Å². The van der Waals surface area contributed by atoms with Crippen LogP contribution in [0.1, 0.15) is 43.9 Å². The van der Waals surface area contributed by atoms with E-state index in [0.29, 0.717) is 34.8 Å². The van der Waals surface area contributed by atoms with Crippen molar-refractivity contribution in [1.82, 2.24) is 10.2 Å². The van der Waals surface area contributed by atoms with Gasteiger partial charge in [-0.2, -0.15) is 0 Å². The summed E-state index contributed by atoms with van der Waals surface area (Å²) in [5.74, 6) is -0.572. The van der Waals surface area contributed by atoms with E-state index in [-0.39, 0.29) is 23.3 Å². The zero-order valence-electron chi connectivity index (χ0n) is 23.7. The van der Waals surface area contributed by atoms with Crippen LogP contribution >= 0.6 is 11.6 Å². The van der Waals surface area contributed by atoms with Gasteiger partial charge in [0.15, 0.2) is 0 Å². The van der Waals surface area contributed by atoms with Crippen LogP contribution in [0.3, 0.4) is 0 Å². The van der Waals surface area contributed by atoms with Crippen molar-refractivity contribution < 1.29 is 18.0 Å². The summed E-state index contributed by atoms with van der Waals surface area (Å²) in [6, 6.07) is 19.8. The molecule has 0 heterocycles. The van der Waals surface area contributed by atoms with E-state index < -0.39 is 28.5 Å². The van der Waals surface area contributed by atoms with Gasteiger partial charge < -0.3 is 10.2 Å². The number of benzene rings is 3. The number of halogens is 1. The van der Waals surface area contributed by atoms with E-state index in [9.17, 15) is 18.0 Å². The summed E-state index contributed by atoms with van der Waals surface area (Å²) >= 11 is 6.45. The third kappa shape index (κ3) is 7.64. The smallest absolute Gasteiger partial charge is 0.264 e. The van der Waals surface area contributed by atoms with Crippen LogP contribution in [0.15, 0.2) is 77.7 Å². The molecule has 0 spiro atoms. The minimum atomic E-state index is -4.12. The zero-order valence-corrected chi connectivity index (χ0v) is 25.3. The predicted octanol–water partition coefficient (Wildman–Crippen LogP) is 5.73. The quantitative estimate of drug-likeness (QED) is 0.295. The molecule has 40 heavy (non-hydrogen) atoms. The Kier molecular flexibility index (Phi) is 10.8. The number of nitrogens with one attached hydrogen (secondary N) is 1. The number of carbonyl (C=O) groups is 2. The number of hydrogen-bond acceptors (Lipinski definition) is 4. The molecule has 1 atom stereocenters. The van der Waals surface area contributed by atoms with Crippen molar-refractivity contribution in [1.29, 1.82) is 0 Å². The Morgan fingerprint density at radius 1 is 0.950 bits per heavy atom. The Morgan fingerprint density at radius 2 is 1.60 bits per heavy atom. The Hall–Kier alpha value is -3.36. The number of carbonyl (C=O) groups excluding carboxylic acids is 2. The standard InChI is InChI=1S/C31H38ClN3O4S/c1-6-28(31(37)33-19-22(2)3)34(20-25-12-10-11-15-27(25)32)30(36)21-35(29-18-23(4)16-17-24(29)5)40(38,39)26-13-8-7-9-14-26/h7-18,22,28H,6,19-21H2,1-5H3,(H,33,37)/t28-/m0/s1. The van der Waals surface area contributed by atoms with Crippen molar-refractivity contribution in [3.8, 4) is 0 Å². The molecular weight excluding hydrogens is 546 g/mol. The van der Waals surface area contributed by atoms with Crippen LogP contribution in [0.2, 0.25) is 5.02 Å². The molecule has 0 saturated carbocycles. The first-order valence-corrected chi connectivity index (χ1v) is 15.2. The fraction of sp³-hybridized carbons (Fsp3) is 0.355. The van der Waals surface area contributed by atoms with Crippen molar-refractivity contribution in [3.05, 3.63) is 94.5 Å². The lowest BCUT2D eigenvalue weighted by Crippen LogP contribution is -2.52. The number of sulfonamides is 1. The van der Waals surface area contributed by atoms with Crippen LogP contribution in [0, 0.1) is 19.8 Å². The highest BCUT2D eigenvalue weighted by atomic mass is 35.5. The van der Waals surface area contributed by atoms with Crippen LogP contribution in [-0.4, -0.2) is 44.3 Å². The molecule has 0 aromatic heterocycles. The number of amides is 2. The Labute approximate surface area is 243 Å². The summed E-state index contributed by atoms with van der Waals surface area (Å²) in [4.78, 5) is 29.0. The molecular formula is C31H38ClN3O4S. The van der Waals surface area contributed by atoms with Crippen LogP contribution in [0.5, 0.6) is 0 Å². The average Bonchev–Trinajstić information content (AvgIpc) is 2.93. The molecule has 7 nitrogen and oxygen atoms in total. The van der Waals surface area contributed by atoms with Crippen LogP contribution in [0.4, 0.5) is 5.69 Å². The van der Waals surface area contributed by atoms with E-state index >= 15 is 0 Å². The fourth-order valence-electron chi connectivity index (χ4n) is 4.37. The normalized spacial score (nSPS) is 12.2. The van der Waals surface area contributed by atoms with Crippen molar-refractivity contribution in [2.75, 3.05) is 17.4 Å². The summed E-state index contributed by atoms with van der Waals surface area (Å²) in [7, 11) is -4.12. The van der Waals surface area contributed by atoms with Crippen molar-refractivity contribution in [3.63, 3.8) is 0 Å². The zero-order chi connectivity index (χ0) is 29.4. The first-order valence-electron chi connectivity index (χ1n) is 13.4. The minimum absolute atomic E-state index is 0.0537. The first kappa shape index (κ1) is 31.2. The molecule has 0 aliphatic carbocycles. The fourth-order valence-corrected chi connectivity index (χ4v) is 6.06. The van der Waals surface area contributed by atoms with Gasteiger partial charge >= 0.3 is 0 Å². The third-order valence-corrected chi connectivity index (χ3v) is 8.76. The third-order valence-electron chi connectivity index (χ3n) is 6.61. The molecule has 0 saturated heterocycles. The SMILES string of the molecule is CC[C@@H](C(=O)NCC(C)C)N(Cc1ccccc1Cl)C(=O)CN(c1cc(C)ccc1C)S(=O)(=O)c1ccccc1. The summed E-state index contributed by atoms with van der Waals surface area (Å²) in [5, 5.41) is 3.39. The van der Waals surface area contributed by atoms with Gasteiger partial charge in [0.25, 0.3) is 10.0 Å². The second kappa shape index (κ2) is 13.8. The van der Waals surface area contributed by atoms with Gasteiger partial charge in [0.2, 0.25) is 11.8 Å². The van der Waals surface area contributed by atoms with E-state index in [1.165, 1.54) is 17.0 Å². The molecule has 0 radical (unpaired) electrons. The number of hydrogen-bond donors (Lipinski definition) is 1. The lowest BCUT2D eigenvalue weighted by Gasteiger charge is -2.34. The topological polar surface area (TPSA) is 86.8 Å². The lowest BCUT2D eigenvalue weighted by molar-refractivity contribution is -0.140. The van der Waals surface area contributed by atoms with E-state index in [1.54, 1.807) is 42.5 Å². The van der Waals surface area contributed by atoms with E-state index in [4.69, 9.17) is 11.6 Å². The number of anilines is 1. The summed E-state index contributed by atoms with van der Waals surface area (Å²) in [6.45, 7) is 9.51. The van der Waals surface area contributed by atoms with Crippen LogP contribution in [-0.2, 0) is 26.2 Å². The van der Waals surface area contributed by atoms with Gasteiger partial charge in [-0.05, 0) is 67.1 Å². The molecule has 0 unspecified atom stereocenters. The minimum Gasteiger partial charge on any atom is -0.354 e. The van der Waals surface area contributed by atoms with E-state index in [2.05, 4.69) is 5.32 Å². The van der Waals surface area contributed by atoms with Gasteiger partial charge in [0.05, 0.1) is 10.6 Å². The van der Waals surface area contributed by atoms with Crippen molar-refractivity contribution in [2.45, 2.75) is 58.5 Å². The maximum Gasteiger partial charge on any atom is 0.264 e. The summed E-state index contributed by atoms with van der Waals surface area (Å²) in [6.07, 6.45) is 0.342. The Bertz CT molecular complexity index is 1430. The van der Waals surface area contributed by atoms with Crippen molar-refractivity contribution >= 4 is 39.1 Å². The maximum atomic E-state index is 14.2. The first-order chi connectivity index (χ1) is 18.9. The molecule has 214 valence electrons.